The third kappa shape index (κ3) is 5.84. The molecule has 1 saturated carbocycles. The van der Waals surface area contributed by atoms with E-state index in [-0.39, 0.29) is 30.1 Å². The number of nitrogens with zero attached hydrogens (tertiary/aromatic N) is 4. The first-order chi connectivity index (χ1) is 19.3. The highest BCUT2D eigenvalue weighted by molar-refractivity contribution is 5.90. The zero-order valence-corrected chi connectivity index (χ0v) is 24.0. The molecule has 0 saturated heterocycles. The zero-order valence-electron chi connectivity index (χ0n) is 24.0. The fourth-order valence-corrected chi connectivity index (χ4v) is 6.18. The standard InChI is InChI=1S/C31H40N4O5/c1-5-22-10-11-27(39-15-14-38-4)23(17-22)12-13-31(24-8-6-7-9-24)19-26(36)25(29(37)40-31)18-28-33-30-32-20(2)16-21(3)35(30)34-28/h10-11,16-17,24,36H,5-9,12-15,18-19H2,1-4H3/p-1. The highest BCUT2D eigenvalue weighted by Crippen LogP contribution is 2.46. The molecule has 1 unspecified atom stereocenters. The number of rotatable bonds is 11. The van der Waals surface area contributed by atoms with Crippen molar-refractivity contribution in [3.05, 3.63) is 63.9 Å². The summed E-state index contributed by atoms with van der Waals surface area (Å²) < 4.78 is 19.1. The van der Waals surface area contributed by atoms with Gasteiger partial charge in [-0.15, -0.1) is 10.9 Å². The fraction of sp³-hybridized carbons (Fsp3) is 0.548. The number of hydrogen-bond acceptors (Lipinski definition) is 8. The second-order valence-electron chi connectivity index (χ2n) is 11.1. The molecule has 0 spiro atoms. The minimum absolute atomic E-state index is 0.0380. The van der Waals surface area contributed by atoms with Crippen LogP contribution in [0.2, 0.25) is 0 Å². The van der Waals surface area contributed by atoms with E-state index >= 15 is 0 Å². The first-order valence-corrected chi connectivity index (χ1v) is 14.4. The van der Waals surface area contributed by atoms with Gasteiger partial charge in [0.1, 0.15) is 18.0 Å². The van der Waals surface area contributed by atoms with E-state index in [0.717, 1.165) is 54.8 Å². The summed E-state index contributed by atoms with van der Waals surface area (Å²) >= 11 is 0. The minimum atomic E-state index is -0.818. The summed E-state index contributed by atoms with van der Waals surface area (Å²) in [5, 5.41) is 18.1. The Morgan fingerprint density at radius 2 is 1.95 bits per heavy atom. The number of esters is 1. The van der Waals surface area contributed by atoms with Gasteiger partial charge < -0.3 is 19.3 Å². The molecule has 1 aromatic carbocycles. The van der Waals surface area contributed by atoms with Crippen LogP contribution in [0.5, 0.6) is 5.75 Å². The summed E-state index contributed by atoms with van der Waals surface area (Å²) in [4.78, 5) is 22.4. The number of carbonyl (C=O) groups is 1. The van der Waals surface area contributed by atoms with E-state index in [1.807, 2.05) is 26.0 Å². The number of methoxy groups -OCH3 is 1. The number of carbonyl (C=O) groups excluding carboxylic acids is 1. The molecule has 0 amide bonds. The Morgan fingerprint density at radius 1 is 1.15 bits per heavy atom. The molecule has 1 atom stereocenters. The van der Waals surface area contributed by atoms with Crippen LogP contribution in [0.25, 0.3) is 5.78 Å². The van der Waals surface area contributed by atoms with Crippen LogP contribution in [0.3, 0.4) is 0 Å². The Kier molecular flexibility index (Phi) is 8.40. The van der Waals surface area contributed by atoms with Gasteiger partial charge in [-0.1, -0.05) is 31.9 Å². The molecule has 3 heterocycles. The van der Waals surface area contributed by atoms with Crippen LogP contribution in [-0.2, 0) is 33.5 Å². The van der Waals surface area contributed by atoms with Gasteiger partial charge in [0.05, 0.1) is 6.61 Å². The van der Waals surface area contributed by atoms with Crippen LogP contribution >= 0.6 is 0 Å². The molecular formula is C31H39N4O5-. The Labute approximate surface area is 235 Å². The van der Waals surface area contributed by atoms with Gasteiger partial charge in [-0.25, -0.2) is 14.3 Å². The molecule has 2 aromatic heterocycles. The van der Waals surface area contributed by atoms with Gasteiger partial charge in [-0.3, -0.25) is 0 Å². The van der Waals surface area contributed by atoms with E-state index in [1.54, 1.807) is 11.6 Å². The third-order valence-electron chi connectivity index (χ3n) is 8.33. The lowest BCUT2D eigenvalue weighted by atomic mass is 9.76. The fourth-order valence-electron chi connectivity index (χ4n) is 6.18. The molecule has 9 nitrogen and oxygen atoms in total. The smallest absolute Gasteiger partial charge is 0.334 e. The average molecular weight is 548 g/mol. The SMILES string of the molecule is CCc1ccc(OCCOC)c(CCC2(C3CCCC3)CC([O-])=C(Cc3nc4nc(C)cc(C)n4n3)C(=O)O2)c1. The van der Waals surface area contributed by atoms with Crippen molar-refractivity contribution in [3.63, 3.8) is 0 Å². The summed E-state index contributed by atoms with van der Waals surface area (Å²) in [7, 11) is 1.65. The molecule has 0 radical (unpaired) electrons. The molecule has 1 fully saturated rings. The maximum Gasteiger partial charge on any atom is 0.334 e. The summed E-state index contributed by atoms with van der Waals surface area (Å²) in [6.07, 6.45) is 6.46. The number of aromatic nitrogens is 4. The quantitative estimate of drug-likeness (QED) is 0.262. The second-order valence-corrected chi connectivity index (χ2v) is 11.1. The van der Waals surface area contributed by atoms with E-state index < -0.39 is 11.6 Å². The van der Waals surface area contributed by atoms with E-state index in [9.17, 15) is 9.90 Å². The normalized spacial score (nSPS) is 19.9. The van der Waals surface area contributed by atoms with Crippen LogP contribution in [0.15, 0.2) is 35.6 Å². The summed E-state index contributed by atoms with van der Waals surface area (Å²) in [5.74, 6) is 1.13. The van der Waals surface area contributed by atoms with E-state index in [2.05, 4.69) is 34.1 Å². The van der Waals surface area contributed by atoms with Gasteiger partial charge in [-0.2, -0.15) is 4.98 Å². The highest BCUT2D eigenvalue weighted by atomic mass is 16.6. The number of cyclic esters (lactones) is 1. The van der Waals surface area contributed by atoms with Crippen molar-refractivity contribution in [3.8, 4) is 5.75 Å². The number of hydrogen-bond donors (Lipinski definition) is 0. The molecule has 9 heteroatoms. The van der Waals surface area contributed by atoms with Crippen molar-refractivity contribution < 1.29 is 24.1 Å². The number of ether oxygens (including phenoxy) is 3. The predicted octanol–water partition coefficient (Wildman–Crippen LogP) is 3.99. The number of fused-ring (bicyclic) bond motifs is 1. The Hall–Kier alpha value is -3.46. The summed E-state index contributed by atoms with van der Waals surface area (Å²) in [5.41, 5.74) is 3.32. The van der Waals surface area contributed by atoms with Gasteiger partial charge in [-0.05, 0) is 81.5 Å². The lowest BCUT2D eigenvalue weighted by molar-refractivity contribution is -0.319. The molecule has 0 bridgehead atoms. The summed E-state index contributed by atoms with van der Waals surface area (Å²) in [6, 6.07) is 8.17. The highest BCUT2D eigenvalue weighted by Gasteiger charge is 2.46. The molecule has 0 N–H and O–H groups in total. The van der Waals surface area contributed by atoms with Crippen LogP contribution in [0.4, 0.5) is 0 Å². The zero-order chi connectivity index (χ0) is 28.3. The van der Waals surface area contributed by atoms with Gasteiger partial charge in [0.2, 0.25) is 0 Å². The van der Waals surface area contributed by atoms with Crippen molar-refractivity contribution in [1.82, 2.24) is 19.6 Å². The number of benzene rings is 1. The van der Waals surface area contributed by atoms with Crippen LogP contribution in [0, 0.1) is 19.8 Å². The number of aryl methyl sites for hydroxylation is 4. The second kappa shape index (κ2) is 12.0. The maximum atomic E-state index is 13.6. The first kappa shape index (κ1) is 28.1. The molecule has 214 valence electrons. The molecule has 40 heavy (non-hydrogen) atoms. The van der Waals surface area contributed by atoms with Gasteiger partial charge >= 0.3 is 5.97 Å². The van der Waals surface area contributed by atoms with Crippen LogP contribution < -0.4 is 9.84 Å². The third-order valence-corrected chi connectivity index (χ3v) is 8.33. The molecular weight excluding hydrogens is 508 g/mol. The monoisotopic (exact) mass is 547 g/mol. The van der Waals surface area contributed by atoms with Gasteiger partial charge in [0.15, 0.2) is 5.82 Å². The molecule has 2 aliphatic rings. The van der Waals surface area contributed by atoms with Crippen LogP contribution in [-0.4, -0.2) is 51.5 Å². The Morgan fingerprint density at radius 3 is 2.67 bits per heavy atom. The van der Waals surface area contributed by atoms with Crippen molar-refractivity contribution in [2.24, 2.45) is 5.92 Å². The Balaban J connectivity index is 1.40. The van der Waals surface area contributed by atoms with E-state index in [1.165, 1.54) is 5.56 Å². The maximum absolute atomic E-state index is 13.6. The predicted molar refractivity (Wildman–Crippen MR) is 148 cm³/mol. The molecule has 1 aliphatic carbocycles. The van der Waals surface area contributed by atoms with Gasteiger partial charge in [0, 0.05) is 30.5 Å². The van der Waals surface area contributed by atoms with Crippen molar-refractivity contribution in [2.45, 2.75) is 84.2 Å². The van der Waals surface area contributed by atoms with Gasteiger partial charge in [0.25, 0.3) is 5.78 Å². The van der Waals surface area contributed by atoms with E-state index in [0.29, 0.717) is 37.7 Å². The topological polar surface area (TPSA) is 111 Å². The lowest BCUT2D eigenvalue weighted by Crippen LogP contribution is -2.48. The van der Waals surface area contributed by atoms with Crippen LogP contribution in [0.1, 0.15) is 73.8 Å². The molecule has 5 rings (SSSR count). The first-order valence-electron chi connectivity index (χ1n) is 14.4. The Bertz CT molecular complexity index is 1410. The lowest BCUT2D eigenvalue weighted by Gasteiger charge is -2.44. The largest absolute Gasteiger partial charge is 0.875 e. The summed E-state index contributed by atoms with van der Waals surface area (Å²) in [6.45, 7) is 6.91. The van der Waals surface area contributed by atoms with E-state index in [4.69, 9.17) is 14.2 Å². The molecule has 1 aliphatic heterocycles. The average Bonchev–Trinajstić information content (AvgIpc) is 3.61. The van der Waals surface area contributed by atoms with Crippen molar-refractivity contribution in [2.75, 3.05) is 20.3 Å². The minimum Gasteiger partial charge on any atom is -0.875 e. The van der Waals surface area contributed by atoms with Crippen molar-refractivity contribution >= 4 is 11.7 Å². The molecule has 3 aromatic rings. The van der Waals surface area contributed by atoms with Crippen molar-refractivity contribution in [1.29, 1.82) is 0 Å².